The summed E-state index contributed by atoms with van der Waals surface area (Å²) in [7, 11) is 0. The van der Waals surface area contributed by atoms with E-state index in [4.69, 9.17) is 5.10 Å². The fourth-order valence-electron chi connectivity index (χ4n) is 3.58. The minimum atomic E-state index is 0.107. The van der Waals surface area contributed by atoms with Gasteiger partial charge in [0.15, 0.2) is 0 Å². The van der Waals surface area contributed by atoms with E-state index in [1.54, 1.807) is 11.8 Å². The second-order valence-corrected chi connectivity index (χ2v) is 7.61. The van der Waals surface area contributed by atoms with E-state index in [2.05, 4.69) is 51.9 Å². The second-order valence-electron chi connectivity index (χ2n) is 6.56. The van der Waals surface area contributed by atoms with Crippen molar-refractivity contribution in [3.8, 4) is 11.3 Å². The fourth-order valence-corrected chi connectivity index (χ4v) is 4.74. The molecule has 1 aromatic carbocycles. The van der Waals surface area contributed by atoms with E-state index in [1.165, 1.54) is 10.3 Å². The number of fused-ring (bicyclic) bond motifs is 2. The van der Waals surface area contributed by atoms with Crippen molar-refractivity contribution in [1.82, 2.24) is 19.7 Å². The molecule has 3 heterocycles. The summed E-state index contributed by atoms with van der Waals surface area (Å²) in [5.41, 5.74) is 4.38. The highest BCUT2D eigenvalue weighted by atomic mass is 32.2. The monoisotopic (exact) mass is 383 g/mol. The molecular weight excluding hydrogens is 358 g/mol. The van der Waals surface area contributed by atoms with E-state index in [9.17, 15) is 5.11 Å². The van der Waals surface area contributed by atoms with Crippen molar-refractivity contribution >= 4 is 28.4 Å². The highest BCUT2D eigenvalue weighted by Crippen LogP contribution is 2.49. The van der Waals surface area contributed by atoms with Gasteiger partial charge in [-0.05, 0) is 31.3 Å². The molecule has 142 valence electrons. The molecule has 0 atom stereocenters. The van der Waals surface area contributed by atoms with Gasteiger partial charge < -0.3 is 15.3 Å². The Hall–Kier alpha value is -2.09. The quantitative estimate of drug-likeness (QED) is 0.487. The van der Waals surface area contributed by atoms with E-state index in [1.807, 2.05) is 12.4 Å². The predicted molar refractivity (Wildman–Crippen MR) is 110 cm³/mol. The van der Waals surface area contributed by atoms with Gasteiger partial charge in [0.05, 0.1) is 18.7 Å². The zero-order valence-corrected chi connectivity index (χ0v) is 16.6. The van der Waals surface area contributed by atoms with Crippen molar-refractivity contribution in [2.75, 3.05) is 38.1 Å². The van der Waals surface area contributed by atoms with Crippen molar-refractivity contribution in [2.24, 2.45) is 0 Å². The summed E-state index contributed by atoms with van der Waals surface area (Å²) in [6.07, 6.45) is 3.74. The summed E-state index contributed by atoms with van der Waals surface area (Å²) in [6.45, 7) is 8.98. The largest absolute Gasteiger partial charge is 0.395 e. The number of nitrogens with zero attached hydrogens (tertiary/aromatic N) is 4. The molecule has 0 saturated carbocycles. The molecule has 27 heavy (non-hydrogen) atoms. The Morgan fingerprint density at radius 1 is 1.22 bits per heavy atom. The van der Waals surface area contributed by atoms with Crippen LogP contribution in [0.5, 0.6) is 0 Å². The van der Waals surface area contributed by atoms with Crippen LogP contribution < -0.4 is 5.32 Å². The number of hydrogen-bond acceptors (Lipinski definition) is 6. The first kappa shape index (κ1) is 18.3. The normalized spacial score (nSPS) is 12.6. The standard InChI is InChI=1S/C20H25N5OS/c1-3-24(4-2)10-11-25-16-6-5-15(22-9-12-26)20-18(16)19(23-25)14-7-8-21-13-17(14)27-20/h5-8,13,22,26H,3-4,9-12H2,1-2H3. The number of aliphatic hydroxyl groups is 1. The lowest BCUT2D eigenvalue weighted by molar-refractivity contribution is 0.287. The van der Waals surface area contributed by atoms with Gasteiger partial charge in [-0.3, -0.25) is 9.67 Å². The van der Waals surface area contributed by atoms with Gasteiger partial charge in [0.25, 0.3) is 0 Å². The van der Waals surface area contributed by atoms with Gasteiger partial charge in [0.2, 0.25) is 0 Å². The van der Waals surface area contributed by atoms with Crippen molar-refractivity contribution in [2.45, 2.75) is 30.2 Å². The number of rotatable bonds is 8. The van der Waals surface area contributed by atoms with Gasteiger partial charge in [-0.15, -0.1) is 0 Å². The summed E-state index contributed by atoms with van der Waals surface area (Å²) < 4.78 is 2.14. The summed E-state index contributed by atoms with van der Waals surface area (Å²) in [6, 6.07) is 6.29. The number of aliphatic hydroxyl groups excluding tert-OH is 1. The van der Waals surface area contributed by atoms with Crippen LogP contribution in [0.3, 0.4) is 0 Å². The number of nitrogens with one attached hydrogen (secondary N) is 1. The van der Waals surface area contributed by atoms with Crippen LogP contribution in [0.1, 0.15) is 13.8 Å². The third kappa shape index (κ3) is 3.31. The van der Waals surface area contributed by atoms with Crippen molar-refractivity contribution in [1.29, 1.82) is 0 Å². The maximum absolute atomic E-state index is 9.20. The van der Waals surface area contributed by atoms with Crippen molar-refractivity contribution < 1.29 is 5.11 Å². The average molecular weight is 384 g/mol. The Bertz CT molecular complexity index is 951. The fraction of sp³-hybridized carbons (Fsp3) is 0.400. The lowest BCUT2D eigenvalue weighted by Crippen LogP contribution is -2.27. The maximum atomic E-state index is 9.20. The van der Waals surface area contributed by atoms with Gasteiger partial charge in [-0.2, -0.15) is 5.10 Å². The predicted octanol–water partition coefficient (Wildman–Crippen LogP) is 3.31. The average Bonchev–Trinajstić information content (AvgIpc) is 3.08. The Morgan fingerprint density at radius 2 is 2.07 bits per heavy atom. The molecule has 1 aliphatic rings. The first-order valence-electron chi connectivity index (χ1n) is 9.49. The zero-order valence-electron chi connectivity index (χ0n) is 15.8. The molecule has 0 radical (unpaired) electrons. The van der Waals surface area contributed by atoms with Crippen molar-refractivity contribution in [3.05, 3.63) is 30.6 Å². The molecule has 1 aliphatic heterocycles. The summed E-state index contributed by atoms with van der Waals surface area (Å²) in [4.78, 5) is 9.00. The molecule has 0 aliphatic carbocycles. The summed E-state index contributed by atoms with van der Waals surface area (Å²) >= 11 is 1.73. The molecule has 0 spiro atoms. The van der Waals surface area contributed by atoms with Crippen LogP contribution in [-0.4, -0.2) is 57.6 Å². The topological polar surface area (TPSA) is 66.2 Å². The van der Waals surface area contributed by atoms with Gasteiger partial charge in [0.1, 0.15) is 5.69 Å². The van der Waals surface area contributed by atoms with E-state index in [-0.39, 0.29) is 6.61 Å². The Morgan fingerprint density at radius 3 is 2.85 bits per heavy atom. The van der Waals surface area contributed by atoms with Crippen LogP contribution in [-0.2, 0) is 6.54 Å². The maximum Gasteiger partial charge on any atom is 0.103 e. The van der Waals surface area contributed by atoms with Gasteiger partial charge in [-0.1, -0.05) is 25.6 Å². The molecule has 4 rings (SSSR count). The third-order valence-electron chi connectivity index (χ3n) is 5.07. The van der Waals surface area contributed by atoms with E-state index < -0.39 is 0 Å². The lowest BCUT2D eigenvalue weighted by Gasteiger charge is -2.18. The van der Waals surface area contributed by atoms with Crippen LogP contribution in [0, 0.1) is 0 Å². The van der Waals surface area contributed by atoms with Crippen LogP contribution in [0.25, 0.3) is 22.2 Å². The molecule has 3 aromatic rings. The molecule has 2 N–H and O–H groups in total. The van der Waals surface area contributed by atoms with Crippen LogP contribution in [0.15, 0.2) is 40.4 Å². The van der Waals surface area contributed by atoms with Crippen molar-refractivity contribution in [3.63, 3.8) is 0 Å². The lowest BCUT2D eigenvalue weighted by atomic mass is 10.1. The molecular formula is C20H25N5OS. The molecule has 0 saturated heterocycles. The zero-order chi connectivity index (χ0) is 18.8. The van der Waals surface area contributed by atoms with Gasteiger partial charge in [0, 0.05) is 51.9 Å². The Kier molecular flexibility index (Phi) is 5.33. The number of anilines is 1. The molecule has 6 nitrogen and oxygen atoms in total. The molecule has 0 unspecified atom stereocenters. The first-order valence-corrected chi connectivity index (χ1v) is 10.3. The minimum Gasteiger partial charge on any atom is -0.395 e. The minimum absolute atomic E-state index is 0.107. The molecule has 0 bridgehead atoms. The number of aromatic nitrogens is 3. The van der Waals surface area contributed by atoms with Crippen LogP contribution in [0.4, 0.5) is 5.69 Å². The van der Waals surface area contributed by atoms with E-state index in [0.29, 0.717) is 6.54 Å². The smallest absolute Gasteiger partial charge is 0.103 e. The van der Waals surface area contributed by atoms with E-state index >= 15 is 0 Å². The summed E-state index contributed by atoms with van der Waals surface area (Å²) in [5.74, 6) is 0. The first-order chi connectivity index (χ1) is 13.3. The Balaban J connectivity index is 1.82. The number of hydrogen-bond donors (Lipinski definition) is 2. The third-order valence-corrected chi connectivity index (χ3v) is 6.25. The number of benzene rings is 1. The summed E-state index contributed by atoms with van der Waals surface area (Å²) in [5, 5.41) is 18.7. The van der Waals surface area contributed by atoms with Crippen LogP contribution in [0.2, 0.25) is 0 Å². The molecule has 2 aromatic heterocycles. The van der Waals surface area contributed by atoms with Gasteiger partial charge in [-0.25, -0.2) is 0 Å². The highest BCUT2D eigenvalue weighted by molar-refractivity contribution is 8.00. The highest BCUT2D eigenvalue weighted by Gasteiger charge is 2.26. The number of likely N-dealkylation sites (N-methyl/N-ethyl adjacent to an activating group) is 1. The van der Waals surface area contributed by atoms with Gasteiger partial charge >= 0.3 is 0 Å². The SMILES string of the molecule is CCN(CC)CCn1nc2c3c(c(NCCO)ccc31)Sc1cnccc1-2. The van der Waals surface area contributed by atoms with E-state index in [0.717, 1.165) is 53.5 Å². The second kappa shape index (κ2) is 7.88. The molecule has 0 amide bonds. The molecule has 7 heteroatoms. The Labute approximate surface area is 163 Å². The van der Waals surface area contributed by atoms with Crippen LogP contribution >= 0.6 is 11.8 Å². The molecule has 0 fully saturated rings. The number of pyridine rings is 1.